The van der Waals surface area contributed by atoms with Crippen molar-refractivity contribution in [1.82, 2.24) is 10.2 Å². The standard InChI is InChI=1S/C16H26FN3O.2ClH/c1-16(2,3)14(18)15(21)19-10-13(20(4)5)11-6-8-12(17)9-7-11;;/h6-9,13-14H,10,18H2,1-5H3,(H,19,21);2*1H/t13?,14-;;/m1../s1. The molecule has 1 aromatic carbocycles. The van der Waals surface area contributed by atoms with Gasteiger partial charge in [0.25, 0.3) is 0 Å². The van der Waals surface area contributed by atoms with Crippen molar-refractivity contribution in [3.63, 3.8) is 0 Å². The zero-order valence-electron chi connectivity index (χ0n) is 14.3. The van der Waals surface area contributed by atoms with Crippen LogP contribution in [0.3, 0.4) is 0 Å². The second-order valence-electron chi connectivity index (χ2n) is 6.62. The first-order valence-corrected chi connectivity index (χ1v) is 7.08. The molecule has 3 N–H and O–H groups in total. The van der Waals surface area contributed by atoms with E-state index >= 15 is 0 Å². The molecule has 0 bridgehead atoms. The summed E-state index contributed by atoms with van der Waals surface area (Å²) in [4.78, 5) is 14.1. The van der Waals surface area contributed by atoms with E-state index in [1.165, 1.54) is 12.1 Å². The fourth-order valence-electron chi connectivity index (χ4n) is 1.98. The lowest BCUT2D eigenvalue weighted by molar-refractivity contribution is -0.124. The monoisotopic (exact) mass is 367 g/mol. The predicted molar refractivity (Wildman–Crippen MR) is 97.8 cm³/mol. The van der Waals surface area contributed by atoms with Crippen LogP contribution < -0.4 is 11.1 Å². The van der Waals surface area contributed by atoms with Crippen molar-refractivity contribution in [3.8, 4) is 0 Å². The highest BCUT2D eigenvalue weighted by molar-refractivity contribution is 5.85. The van der Waals surface area contributed by atoms with Crippen LogP contribution in [0, 0.1) is 11.2 Å². The Labute approximate surface area is 150 Å². The van der Waals surface area contributed by atoms with E-state index in [-0.39, 0.29) is 48.0 Å². The highest BCUT2D eigenvalue weighted by Gasteiger charge is 2.28. The van der Waals surface area contributed by atoms with Gasteiger partial charge in [-0.25, -0.2) is 4.39 Å². The lowest BCUT2D eigenvalue weighted by Gasteiger charge is -2.29. The van der Waals surface area contributed by atoms with Gasteiger partial charge in [-0.3, -0.25) is 4.79 Å². The molecule has 0 heterocycles. The van der Waals surface area contributed by atoms with Crippen molar-refractivity contribution >= 4 is 30.7 Å². The van der Waals surface area contributed by atoms with Gasteiger partial charge in [-0.15, -0.1) is 24.8 Å². The van der Waals surface area contributed by atoms with Gasteiger partial charge in [0.15, 0.2) is 0 Å². The van der Waals surface area contributed by atoms with Crippen LogP contribution >= 0.6 is 24.8 Å². The first-order chi connectivity index (χ1) is 9.62. The lowest BCUT2D eigenvalue weighted by Crippen LogP contribution is -2.50. The molecule has 0 aliphatic carbocycles. The Morgan fingerprint density at radius 1 is 1.22 bits per heavy atom. The molecule has 1 aromatic rings. The molecule has 1 rings (SSSR count). The molecule has 0 saturated carbocycles. The molecule has 0 spiro atoms. The minimum absolute atomic E-state index is 0. The SMILES string of the molecule is CN(C)C(CNC(=O)[C@@H](N)C(C)(C)C)c1ccc(F)cc1.Cl.Cl. The van der Waals surface area contributed by atoms with E-state index in [2.05, 4.69) is 5.32 Å². The van der Waals surface area contributed by atoms with Crippen LogP contribution in [0.25, 0.3) is 0 Å². The highest BCUT2D eigenvalue weighted by atomic mass is 35.5. The Balaban J connectivity index is 0. The minimum Gasteiger partial charge on any atom is -0.353 e. The van der Waals surface area contributed by atoms with Gasteiger partial charge in [-0.1, -0.05) is 32.9 Å². The van der Waals surface area contributed by atoms with E-state index in [4.69, 9.17) is 5.73 Å². The van der Waals surface area contributed by atoms with Crippen LogP contribution in [-0.2, 0) is 4.79 Å². The molecule has 0 aliphatic heterocycles. The van der Waals surface area contributed by atoms with Crippen LogP contribution in [0.4, 0.5) is 4.39 Å². The van der Waals surface area contributed by atoms with E-state index in [1.54, 1.807) is 12.1 Å². The summed E-state index contributed by atoms with van der Waals surface area (Å²) in [6, 6.07) is 5.73. The number of hydrogen-bond donors (Lipinski definition) is 2. The number of carbonyl (C=O) groups excluding carboxylic acids is 1. The largest absolute Gasteiger partial charge is 0.353 e. The van der Waals surface area contributed by atoms with Gasteiger partial charge in [0.05, 0.1) is 12.1 Å². The molecule has 0 fully saturated rings. The molecule has 4 nitrogen and oxygen atoms in total. The Bertz CT molecular complexity index is 475. The molecule has 1 unspecified atom stereocenters. The molecule has 0 aliphatic rings. The van der Waals surface area contributed by atoms with Crippen LogP contribution in [0.1, 0.15) is 32.4 Å². The summed E-state index contributed by atoms with van der Waals surface area (Å²) in [5.74, 6) is -0.438. The second-order valence-corrected chi connectivity index (χ2v) is 6.62. The number of benzene rings is 1. The molecular formula is C16H28Cl2FN3O. The molecule has 7 heteroatoms. The maximum absolute atomic E-state index is 13.0. The van der Waals surface area contributed by atoms with E-state index in [9.17, 15) is 9.18 Å². The molecule has 0 aromatic heterocycles. The Morgan fingerprint density at radius 2 is 1.70 bits per heavy atom. The zero-order valence-corrected chi connectivity index (χ0v) is 15.9. The van der Waals surface area contributed by atoms with Crippen LogP contribution in [-0.4, -0.2) is 37.5 Å². The Morgan fingerprint density at radius 3 is 2.09 bits per heavy atom. The number of nitrogens with two attached hydrogens (primary N) is 1. The topological polar surface area (TPSA) is 58.4 Å². The predicted octanol–water partition coefficient (Wildman–Crippen LogP) is 2.76. The highest BCUT2D eigenvalue weighted by Crippen LogP contribution is 2.19. The summed E-state index contributed by atoms with van der Waals surface area (Å²) in [5.41, 5.74) is 6.61. The number of rotatable bonds is 5. The van der Waals surface area contributed by atoms with Crippen molar-refractivity contribution in [2.24, 2.45) is 11.1 Å². The summed E-state index contributed by atoms with van der Waals surface area (Å²) >= 11 is 0. The van der Waals surface area contributed by atoms with Gasteiger partial charge >= 0.3 is 0 Å². The Kier molecular flexibility index (Phi) is 10.7. The second kappa shape index (κ2) is 10.1. The number of halogens is 3. The summed E-state index contributed by atoms with van der Waals surface area (Å²) in [7, 11) is 3.84. The van der Waals surface area contributed by atoms with Crippen molar-refractivity contribution in [2.75, 3.05) is 20.6 Å². The number of nitrogens with one attached hydrogen (secondary N) is 1. The van der Waals surface area contributed by atoms with Crippen LogP contribution in [0.15, 0.2) is 24.3 Å². The molecule has 0 saturated heterocycles. The van der Waals surface area contributed by atoms with Crippen molar-refractivity contribution < 1.29 is 9.18 Å². The molecular weight excluding hydrogens is 340 g/mol. The third-order valence-corrected chi connectivity index (χ3v) is 3.56. The zero-order chi connectivity index (χ0) is 16.2. The fourth-order valence-corrected chi connectivity index (χ4v) is 1.98. The van der Waals surface area contributed by atoms with Gasteiger partial charge < -0.3 is 16.0 Å². The van der Waals surface area contributed by atoms with Gasteiger partial charge in [-0.2, -0.15) is 0 Å². The number of amides is 1. The third-order valence-electron chi connectivity index (χ3n) is 3.56. The maximum atomic E-state index is 13.0. The van der Waals surface area contributed by atoms with Gasteiger partial charge in [-0.05, 0) is 37.2 Å². The molecule has 2 atom stereocenters. The third kappa shape index (κ3) is 7.48. The molecule has 134 valence electrons. The number of nitrogens with zero attached hydrogens (tertiary/aromatic N) is 1. The average molecular weight is 368 g/mol. The Hall–Kier alpha value is -0.880. The van der Waals surface area contributed by atoms with Gasteiger partial charge in [0.2, 0.25) is 5.91 Å². The van der Waals surface area contributed by atoms with E-state index in [0.717, 1.165) is 5.56 Å². The van der Waals surface area contributed by atoms with E-state index in [0.29, 0.717) is 6.54 Å². The van der Waals surface area contributed by atoms with Crippen molar-refractivity contribution in [2.45, 2.75) is 32.9 Å². The number of hydrogen-bond acceptors (Lipinski definition) is 3. The van der Waals surface area contributed by atoms with Gasteiger partial charge in [0, 0.05) is 6.54 Å². The first-order valence-electron chi connectivity index (χ1n) is 7.08. The van der Waals surface area contributed by atoms with Crippen LogP contribution in [0.2, 0.25) is 0 Å². The number of carbonyl (C=O) groups is 1. The quantitative estimate of drug-likeness (QED) is 0.840. The lowest BCUT2D eigenvalue weighted by atomic mass is 9.87. The molecule has 0 radical (unpaired) electrons. The summed E-state index contributed by atoms with van der Waals surface area (Å²) < 4.78 is 13.0. The van der Waals surface area contributed by atoms with Gasteiger partial charge in [0.1, 0.15) is 5.82 Å². The van der Waals surface area contributed by atoms with E-state index < -0.39 is 6.04 Å². The summed E-state index contributed by atoms with van der Waals surface area (Å²) in [6.07, 6.45) is 0. The smallest absolute Gasteiger partial charge is 0.237 e. The first kappa shape index (κ1) is 24.4. The summed E-state index contributed by atoms with van der Waals surface area (Å²) in [5, 5.41) is 2.88. The summed E-state index contributed by atoms with van der Waals surface area (Å²) in [6.45, 7) is 6.23. The van der Waals surface area contributed by atoms with Crippen molar-refractivity contribution in [1.29, 1.82) is 0 Å². The normalized spacial score (nSPS) is 13.6. The molecule has 1 amide bonds. The maximum Gasteiger partial charge on any atom is 0.237 e. The minimum atomic E-state index is -0.562. The van der Waals surface area contributed by atoms with Crippen LogP contribution in [0.5, 0.6) is 0 Å². The fraction of sp³-hybridized carbons (Fsp3) is 0.562. The average Bonchev–Trinajstić information content (AvgIpc) is 2.38. The number of likely N-dealkylation sites (N-methyl/N-ethyl adjacent to an activating group) is 1. The van der Waals surface area contributed by atoms with E-state index in [1.807, 2.05) is 39.8 Å². The molecule has 23 heavy (non-hydrogen) atoms. The van der Waals surface area contributed by atoms with Crippen molar-refractivity contribution in [3.05, 3.63) is 35.6 Å².